The first-order valence-electron chi connectivity index (χ1n) is 19.8. The highest BCUT2D eigenvalue weighted by Gasteiger charge is 2.50. The lowest BCUT2D eigenvalue weighted by atomic mass is 9.79. The molecule has 0 radical (unpaired) electrons. The molecule has 0 saturated heterocycles. The van der Waals surface area contributed by atoms with Crippen LogP contribution in [0.4, 0.5) is 24.5 Å². The van der Waals surface area contributed by atoms with Gasteiger partial charge in [-0.2, -0.15) is 40.5 Å². The summed E-state index contributed by atoms with van der Waals surface area (Å²) in [5.74, 6) is -0.230. The number of likely N-dealkylation sites (N-methyl/N-ethyl adjacent to an activating group) is 1. The Labute approximate surface area is 360 Å². The molecule has 3 N–H and O–H groups in total. The quantitative estimate of drug-likeness (QED) is 0.0736. The van der Waals surface area contributed by atoms with E-state index in [1.807, 2.05) is 39.5 Å². The highest BCUT2D eigenvalue weighted by molar-refractivity contribution is 7.90. The average Bonchev–Trinajstić information content (AvgIpc) is 3.39. The zero-order chi connectivity index (χ0) is 45.6. The number of fused-ring (bicyclic) bond motifs is 1. The van der Waals surface area contributed by atoms with Crippen LogP contribution >= 0.6 is 0 Å². The van der Waals surface area contributed by atoms with Gasteiger partial charge in [-0.15, -0.1) is 0 Å². The van der Waals surface area contributed by atoms with Crippen LogP contribution in [0.25, 0.3) is 0 Å². The Hall–Kier alpha value is -4.46. The number of nitrogens with one attached hydrogen (secondary N) is 1. The molecule has 2 aromatic carbocycles. The Balaban J connectivity index is 1.78. The molecule has 2 atom stereocenters. The van der Waals surface area contributed by atoms with E-state index in [1.165, 1.54) is 0 Å². The number of allylic oxidation sites excluding steroid dienone is 7. The van der Waals surface area contributed by atoms with Crippen LogP contribution < -0.4 is 10.2 Å². The Kier molecular flexibility index (Phi) is 15.9. The second-order valence-electron chi connectivity index (χ2n) is 16.7. The van der Waals surface area contributed by atoms with Crippen molar-refractivity contribution < 1.29 is 43.3 Å². The molecule has 0 amide bonds. The Morgan fingerprint density at radius 3 is 2.31 bits per heavy atom. The molecule has 0 bridgehead atoms. The molecule has 0 saturated carbocycles. The molecule has 0 spiro atoms. The van der Waals surface area contributed by atoms with Gasteiger partial charge in [0.1, 0.15) is 0 Å². The molecule has 332 valence electrons. The first-order valence-corrected chi connectivity index (χ1v) is 24.2. The van der Waals surface area contributed by atoms with Crippen LogP contribution in [0.1, 0.15) is 102 Å². The normalized spacial score (nSPS) is 18.3. The fourth-order valence-corrected chi connectivity index (χ4v) is 9.72. The molecular weight excluding hydrogens is 852 g/mol. The van der Waals surface area contributed by atoms with E-state index in [1.54, 1.807) is 60.7 Å². The van der Waals surface area contributed by atoms with Crippen molar-refractivity contribution in [2.75, 3.05) is 41.9 Å². The first-order chi connectivity index (χ1) is 28.3. The predicted molar refractivity (Wildman–Crippen MR) is 233 cm³/mol. The minimum Gasteiger partial charge on any atom is -0.385 e. The van der Waals surface area contributed by atoms with Crippen molar-refractivity contribution in [2.45, 2.75) is 95.9 Å². The maximum absolute atomic E-state index is 14.2. The highest BCUT2D eigenvalue weighted by Crippen LogP contribution is 2.49. The monoisotopic (exact) mass is 905 g/mol. The van der Waals surface area contributed by atoms with E-state index in [4.69, 9.17) is 0 Å². The molecule has 4 rings (SSSR count). The molecule has 18 heteroatoms. The van der Waals surface area contributed by atoms with Crippen molar-refractivity contribution in [1.29, 1.82) is 10.5 Å². The van der Waals surface area contributed by atoms with Gasteiger partial charge in [-0.1, -0.05) is 52.8 Å². The standard InChI is InChI=1S/C43H54F3N5O7S3/c1-30(20-23-59(52)53)29-49-37-17-14-31(27-47)25-35(37)41(2,3)21-10-13-33-11-9-12-34(40(33)50(6)61(57,58)43(44,45)46)16-19-39-42(4,5)36-26-32(28-48)15-18-38(36)51(39)22-7-8-24-60(54,55)56/h10,13-19,25-26,30,49H,7-9,11-12,20-24,29H2,1-6H3,(H,52,53)(H,54,55,56)/b13-10+,34-16+,39-19+/t30-/m0/s1. The van der Waals surface area contributed by atoms with E-state index in [-0.39, 0.29) is 30.2 Å². The van der Waals surface area contributed by atoms with Crippen LogP contribution in [0.15, 0.2) is 83.2 Å². The lowest BCUT2D eigenvalue weighted by Gasteiger charge is -2.31. The topological polar surface area (TPSA) is 192 Å². The zero-order valence-corrected chi connectivity index (χ0v) is 37.7. The van der Waals surface area contributed by atoms with Gasteiger partial charge < -0.3 is 14.8 Å². The van der Waals surface area contributed by atoms with Gasteiger partial charge in [-0.05, 0) is 121 Å². The van der Waals surface area contributed by atoms with Gasteiger partial charge in [0.2, 0.25) is 0 Å². The zero-order valence-electron chi connectivity index (χ0n) is 35.2. The summed E-state index contributed by atoms with van der Waals surface area (Å²) < 4.78 is 121. The lowest BCUT2D eigenvalue weighted by molar-refractivity contribution is -0.0474. The fourth-order valence-electron chi connectivity index (χ4n) is 7.76. The SMILES string of the molecule is C[C@@H](CCS(=O)O)CNc1ccc(C#N)cc1C(C)(C)C/C=C/C1=C(N(C)S(=O)(=O)C(F)(F)F)C(=C/C=C2/N(CCCCS(=O)(=O)O)c3ccc(C#N)cc3C2(C)C)/CCC1. The van der Waals surface area contributed by atoms with Crippen molar-refractivity contribution in [3.8, 4) is 12.1 Å². The third-order valence-electron chi connectivity index (χ3n) is 11.2. The smallest absolute Gasteiger partial charge is 0.385 e. The number of sulfonamides is 1. The Morgan fingerprint density at radius 1 is 1.03 bits per heavy atom. The van der Waals surface area contributed by atoms with E-state index >= 15 is 0 Å². The minimum absolute atomic E-state index is 0.0645. The van der Waals surface area contributed by atoms with Gasteiger partial charge in [0.25, 0.3) is 10.1 Å². The van der Waals surface area contributed by atoms with E-state index in [9.17, 15) is 53.8 Å². The molecule has 1 heterocycles. The number of nitrogens with zero attached hydrogens (tertiary/aromatic N) is 4. The predicted octanol–water partition coefficient (Wildman–Crippen LogP) is 8.81. The summed E-state index contributed by atoms with van der Waals surface area (Å²) in [6, 6.07) is 14.8. The number of unbranched alkanes of at least 4 members (excludes halogenated alkanes) is 1. The van der Waals surface area contributed by atoms with Gasteiger partial charge in [0.15, 0.2) is 11.1 Å². The van der Waals surface area contributed by atoms with Crippen molar-refractivity contribution in [3.05, 3.63) is 105 Å². The number of hydrogen-bond donors (Lipinski definition) is 3. The molecule has 12 nitrogen and oxygen atoms in total. The molecule has 0 fully saturated rings. The maximum Gasteiger partial charge on any atom is 0.516 e. The molecule has 61 heavy (non-hydrogen) atoms. The van der Waals surface area contributed by atoms with Crippen LogP contribution in [0.3, 0.4) is 0 Å². The molecular formula is C43H54F3N5O7S3. The number of rotatable bonds is 18. The summed E-state index contributed by atoms with van der Waals surface area (Å²) in [6.45, 7) is 10.5. The number of alkyl halides is 3. The van der Waals surface area contributed by atoms with Crippen molar-refractivity contribution in [3.63, 3.8) is 0 Å². The van der Waals surface area contributed by atoms with Crippen molar-refractivity contribution >= 4 is 42.6 Å². The molecule has 1 unspecified atom stereocenters. The van der Waals surface area contributed by atoms with Gasteiger partial charge in [-0.3, -0.25) is 8.86 Å². The second kappa shape index (κ2) is 19.7. The second-order valence-corrected chi connectivity index (χ2v) is 21.2. The number of nitriles is 2. The van der Waals surface area contributed by atoms with Crippen LogP contribution in [-0.2, 0) is 42.1 Å². The molecule has 2 aromatic rings. The fraction of sp³-hybridized carbons (Fsp3) is 0.488. The van der Waals surface area contributed by atoms with Crippen molar-refractivity contribution in [1.82, 2.24) is 4.31 Å². The van der Waals surface area contributed by atoms with Crippen LogP contribution in [0.2, 0.25) is 0 Å². The Bertz CT molecular complexity index is 2430. The van der Waals surface area contributed by atoms with Gasteiger partial charge in [0.05, 0.1) is 34.7 Å². The summed E-state index contributed by atoms with van der Waals surface area (Å²) in [4.78, 5) is 1.95. The molecule has 1 aliphatic heterocycles. The molecule has 2 aliphatic rings. The van der Waals surface area contributed by atoms with E-state index in [0.29, 0.717) is 77.5 Å². The summed E-state index contributed by atoms with van der Waals surface area (Å²) >= 11 is -1.91. The number of halogens is 3. The number of benzene rings is 2. The van der Waals surface area contributed by atoms with E-state index in [0.717, 1.165) is 29.5 Å². The van der Waals surface area contributed by atoms with Gasteiger partial charge in [0, 0.05) is 48.4 Å². The van der Waals surface area contributed by atoms with E-state index in [2.05, 4.69) is 17.5 Å². The molecule has 1 aliphatic carbocycles. The van der Waals surface area contributed by atoms with Gasteiger partial charge in [-0.25, -0.2) is 4.21 Å². The van der Waals surface area contributed by atoms with Crippen LogP contribution in [0.5, 0.6) is 0 Å². The summed E-state index contributed by atoms with van der Waals surface area (Å²) in [6.07, 6.45) is 9.30. The largest absolute Gasteiger partial charge is 0.516 e. The minimum atomic E-state index is -5.82. The summed E-state index contributed by atoms with van der Waals surface area (Å²) in [5.41, 5.74) is -1.61. The van der Waals surface area contributed by atoms with E-state index < -0.39 is 53.3 Å². The Morgan fingerprint density at radius 2 is 1.69 bits per heavy atom. The first kappa shape index (κ1) is 49.2. The van der Waals surface area contributed by atoms with Crippen molar-refractivity contribution in [2.24, 2.45) is 5.92 Å². The lowest BCUT2D eigenvalue weighted by Crippen LogP contribution is -2.39. The maximum atomic E-state index is 14.2. The third-order valence-corrected chi connectivity index (χ3v) is 14.1. The number of hydrogen-bond acceptors (Lipinski definition) is 9. The van der Waals surface area contributed by atoms with Gasteiger partial charge >= 0.3 is 15.5 Å². The van der Waals surface area contributed by atoms with Crippen LogP contribution in [-0.4, -0.2) is 71.6 Å². The molecule has 0 aromatic heterocycles. The number of anilines is 2. The third kappa shape index (κ3) is 12.1. The summed E-state index contributed by atoms with van der Waals surface area (Å²) in [7, 11) is -9.12. The van der Waals surface area contributed by atoms with Crippen LogP contribution in [0, 0.1) is 28.6 Å². The average molecular weight is 906 g/mol. The highest BCUT2D eigenvalue weighted by atomic mass is 32.2. The summed E-state index contributed by atoms with van der Waals surface area (Å²) in [5, 5.41) is 22.8.